The van der Waals surface area contributed by atoms with Crippen LogP contribution in [0.1, 0.15) is 29.5 Å². The number of nitrogens with zero attached hydrogens (tertiary/aromatic N) is 3. The van der Waals surface area contributed by atoms with Gasteiger partial charge in [0.25, 0.3) is 0 Å². The van der Waals surface area contributed by atoms with Crippen LogP contribution in [-0.4, -0.2) is 46.9 Å². The molecule has 0 saturated carbocycles. The molecule has 0 aliphatic carbocycles. The molecular formula is C27H25F2N3O2. The summed E-state index contributed by atoms with van der Waals surface area (Å²) in [4.78, 5) is 21.4. The van der Waals surface area contributed by atoms with E-state index in [1.54, 1.807) is 24.3 Å². The highest BCUT2D eigenvalue weighted by Gasteiger charge is 2.28. The molecule has 4 aromatic rings. The van der Waals surface area contributed by atoms with Crippen LogP contribution >= 0.6 is 0 Å². The SMILES string of the molecule is O=C(CCc1nc2ccccc2o1)N1CCN(C(c2ccc(F)cc2)c2ccc(F)cc2)CC1. The maximum absolute atomic E-state index is 13.5. The number of carbonyl (C=O) groups excluding carboxylic acids is 1. The van der Waals surface area contributed by atoms with Gasteiger partial charge in [-0.05, 0) is 47.5 Å². The zero-order valence-electron chi connectivity index (χ0n) is 18.7. The zero-order chi connectivity index (χ0) is 23.5. The lowest BCUT2D eigenvalue weighted by Gasteiger charge is -2.39. The van der Waals surface area contributed by atoms with E-state index in [0.29, 0.717) is 44.9 Å². The van der Waals surface area contributed by atoms with Crippen molar-refractivity contribution >= 4 is 17.0 Å². The van der Waals surface area contributed by atoms with Crippen molar-refractivity contribution in [3.05, 3.63) is 101 Å². The molecule has 5 nitrogen and oxygen atoms in total. The Hall–Kier alpha value is -3.58. The lowest BCUT2D eigenvalue weighted by Crippen LogP contribution is -2.49. The first-order chi connectivity index (χ1) is 16.6. The molecule has 0 radical (unpaired) electrons. The molecule has 0 spiro atoms. The Morgan fingerprint density at radius 2 is 1.44 bits per heavy atom. The first kappa shape index (κ1) is 22.2. The second kappa shape index (κ2) is 9.73. The maximum Gasteiger partial charge on any atom is 0.223 e. The Bertz CT molecular complexity index is 1180. The standard InChI is InChI=1S/C27H25F2N3O2/c28-21-9-5-19(6-10-21)27(20-7-11-22(29)12-8-20)32-17-15-31(16-18-32)26(33)14-13-25-30-23-3-1-2-4-24(23)34-25/h1-12,27H,13-18H2. The number of fused-ring (bicyclic) bond motifs is 1. The molecule has 3 aromatic carbocycles. The molecular weight excluding hydrogens is 436 g/mol. The molecule has 1 aromatic heterocycles. The van der Waals surface area contributed by atoms with Crippen LogP contribution in [0.3, 0.4) is 0 Å². The molecule has 7 heteroatoms. The van der Waals surface area contributed by atoms with Crippen molar-refractivity contribution in [3.63, 3.8) is 0 Å². The number of aryl methyl sites for hydroxylation is 1. The molecule has 2 heterocycles. The van der Waals surface area contributed by atoms with Gasteiger partial charge in [-0.2, -0.15) is 0 Å². The number of aromatic nitrogens is 1. The third kappa shape index (κ3) is 4.84. The quantitative estimate of drug-likeness (QED) is 0.407. The van der Waals surface area contributed by atoms with E-state index in [9.17, 15) is 13.6 Å². The van der Waals surface area contributed by atoms with Gasteiger partial charge in [0.05, 0.1) is 6.04 Å². The molecule has 0 bridgehead atoms. The number of hydrogen-bond acceptors (Lipinski definition) is 4. The minimum atomic E-state index is -0.295. The van der Waals surface area contributed by atoms with Crippen LogP contribution in [0.5, 0.6) is 0 Å². The topological polar surface area (TPSA) is 49.6 Å². The highest BCUT2D eigenvalue weighted by Crippen LogP contribution is 2.30. The fourth-order valence-electron chi connectivity index (χ4n) is 4.53. The predicted octanol–water partition coefficient (Wildman–Crippen LogP) is 4.97. The van der Waals surface area contributed by atoms with Gasteiger partial charge in [0.1, 0.15) is 17.2 Å². The monoisotopic (exact) mass is 461 g/mol. The molecule has 5 rings (SSSR count). The second-order valence-electron chi connectivity index (χ2n) is 8.50. The Labute approximate surface area is 196 Å². The highest BCUT2D eigenvalue weighted by atomic mass is 19.1. The van der Waals surface area contributed by atoms with Crippen molar-refractivity contribution < 1.29 is 18.0 Å². The minimum absolute atomic E-state index is 0.0713. The fraction of sp³-hybridized carbons (Fsp3) is 0.259. The van der Waals surface area contributed by atoms with Gasteiger partial charge in [0.15, 0.2) is 11.5 Å². The van der Waals surface area contributed by atoms with Crippen molar-refractivity contribution in [1.29, 1.82) is 0 Å². The first-order valence-electron chi connectivity index (χ1n) is 11.4. The number of benzene rings is 3. The van der Waals surface area contributed by atoms with E-state index in [4.69, 9.17) is 4.42 Å². The van der Waals surface area contributed by atoms with E-state index < -0.39 is 0 Å². The van der Waals surface area contributed by atoms with Crippen LogP contribution in [0.2, 0.25) is 0 Å². The zero-order valence-corrected chi connectivity index (χ0v) is 18.7. The highest BCUT2D eigenvalue weighted by molar-refractivity contribution is 5.77. The normalized spacial score (nSPS) is 14.7. The number of carbonyl (C=O) groups is 1. The molecule has 34 heavy (non-hydrogen) atoms. The van der Waals surface area contributed by atoms with Crippen LogP contribution < -0.4 is 0 Å². The van der Waals surface area contributed by atoms with Crippen molar-refractivity contribution in [2.75, 3.05) is 26.2 Å². The van der Waals surface area contributed by atoms with Gasteiger partial charge in [0, 0.05) is 39.0 Å². The summed E-state index contributed by atoms with van der Waals surface area (Å²) in [5.41, 5.74) is 3.39. The van der Waals surface area contributed by atoms with E-state index in [1.807, 2.05) is 29.2 Å². The van der Waals surface area contributed by atoms with E-state index in [-0.39, 0.29) is 23.6 Å². The van der Waals surface area contributed by atoms with Crippen molar-refractivity contribution in [2.24, 2.45) is 0 Å². The Morgan fingerprint density at radius 3 is 2.03 bits per heavy atom. The third-order valence-electron chi connectivity index (χ3n) is 6.29. The summed E-state index contributed by atoms with van der Waals surface area (Å²) in [6.45, 7) is 2.50. The molecule has 174 valence electrons. The molecule has 1 aliphatic rings. The number of para-hydroxylation sites is 2. The van der Waals surface area contributed by atoms with Gasteiger partial charge in [-0.25, -0.2) is 13.8 Å². The first-order valence-corrected chi connectivity index (χ1v) is 11.4. The summed E-state index contributed by atoms with van der Waals surface area (Å²) in [6.07, 6.45) is 0.799. The summed E-state index contributed by atoms with van der Waals surface area (Å²) in [5, 5.41) is 0. The van der Waals surface area contributed by atoms with Crippen LogP contribution in [0, 0.1) is 11.6 Å². The average Bonchev–Trinajstić information content (AvgIpc) is 3.29. The summed E-state index contributed by atoms with van der Waals surface area (Å²) < 4.78 is 32.8. The predicted molar refractivity (Wildman–Crippen MR) is 125 cm³/mol. The molecule has 1 amide bonds. The van der Waals surface area contributed by atoms with Crippen molar-refractivity contribution in [2.45, 2.75) is 18.9 Å². The number of amides is 1. The van der Waals surface area contributed by atoms with Gasteiger partial charge < -0.3 is 9.32 Å². The van der Waals surface area contributed by atoms with Crippen LogP contribution in [0.4, 0.5) is 8.78 Å². The number of hydrogen-bond donors (Lipinski definition) is 0. The van der Waals surface area contributed by atoms with E-state index >= 15 is 0 Å². The van der Waals surface area contributed by atoms with Gasteiger partial charge in [-0.15, -0.1) is 0 Å². The molecule has 0 atom stereocenters. The van der Waals surface area contributed by atoms with Gasteiger partial charge in [0.2, 0.25) is 5.91 Å². The van der Waals surface area contributed by atoms with Gasteiger partial charge in [-0.3, -0.25) is 9.69 Å². The summed E-state index contributed by atoms with van der Waals surface area (Å²) in [5.74, 6) is 0.0508. The van der Waals surface area contributed by atoms with E-state index in [1.165, 1.54) is 24.3 Å². The second-order valence-corrected chi connectivity index (χ2v) is 8.50. The molecule has 1 aliphatic heterocycles. The van der Waals surface area contributed by atoms with Crippen molar-refractivity contribution in [1.82, 2.24) is 14.8 Å². The molecule has 0 unspecified atom stereocenters. The fourth-order valence-corrected chi connectivity index (χ4v) is 4.53. The van der Waals surface area contributed by atoms with Crippen LogP contribution in [0.25, 0.3) is 11.1 Å². The van der Waals surface area contributed by atoms with Crippen LogP contribution in [0.15, 0.2) is 77.2 Å². The Kier molecular flexibility index (Phi) is 6.36. The average molecular weight is 462 g/mol. The van der Waals surface area contributed by atoms with E-state index in [2.05, 4.69) is 9.88 Å². The molecule has 1 fully saturated rings. The van der Waals surface area contributed by atoms with Gasteiger partial charge in [-0.1, -0.05) is 36.4 Å². The van der Waals surface area contributed by atoms with Crippen LogP contribution in [-0.2, 0) is 11.2 Å². The minimum Gasteiger partial charge on any atom is -0.441 e. The number of piperazine rings is 1. The number of oxazole rings is 1. The maximum atomic E-state index is 13.5. The van der Waals surface area contributed by atoms with Gasteiger partial charge >= 0.3 is 0 Å². The summed E-state index contributed by atoms with van der Waals surface area (Å²) in [7, 11) is 0. The molecule has 1 saturated heterocycles. The number of halogens is 2. The smallest absolute Gasteiger partial charge is 0.223 e. The Morgan fingerprint density at radius 1 is 0.853 bits per heavy atom. The molecule has 0 N–H and O–H groups in total. The summed E-state index contributed by atoms with van der Waals surface area (Å²) >= 11 is 0. The summed E-state index contributed by atoms with van der Waals surface area (Å²) in [6, 6.07) is 20.2. The Balaban J connectivity index is 1.24. The third-order valence-corrected chi connectivity index (χ3v) is 6.29. The van der Waals surface area contributed by atoms with Crippen molar-refractivity contribution in [3.8, 4) is 0 Å². The lowest BCUT2D eigenvalue weighted by atomic mass is 9.96. The number of rotatable bonds is 6. The lowest BCUT2D eigenvalue weighted by molar-refractivity contribution is -0.133. The largest absolute Gasteiger partial charge is 0.441 e. The van der Waals surface area contributed by atoms with E-state index in [0.717, 1.165) is 22.2 Å².